The Kier molecular flexibility index (Phi) is 5.38. The van der Waals surface area contributed by atoms with Gasteiger partial charge in [0.2, 0.25) is 0 Å². The summed E-state index contributed by atoms with van der Waals surface area (Å²) in [5, 5.41) is 12.5. The molecule has 1 aliphatic heterocycles. The van der Waals surface area contributed by atoms with E-state index in [1.54, 1.807) is 0 Å². The summed E-state index contributed by atoms with van der Waals surface area (Å²) in [5.41, 5.74) is 1.25. The van der Waals surface area contributed by atoms with E-state index in [2.05, 4.69) is 47.6 Å². The topological polar surface area (TPSA) is 39.1 Å². The minimum absolute atomic E-state index is 0.216. The number of hydrogen-bond acceptors (Lipinski definition) is 3. The molecule has 1 aliphatic rings. The lowest BCUT2D eigenvalue weighted by atomic mass is 9.96. The third-order valence-electron chi connectivity index (χ3n) is 3.95. The van der Waals surface area contributed by atoms with Crippen molar-refractivity contribution in [3.8, 4) is 6.07 Å². The normalized spacial score (nSPS) is 21.0. The largest absolute Gasteiger partial charge is 0.316 e. The van der Waals surface area contributed by atoms with Crippen molar-refractivity contribution in [1.29, 1.82) is 5.26 Å². The maximum atomic E-state index is 9.06. The zero-order valence-electron chi connectivity index (χ0n) is 11.7. The SMILES string of the molecule is CN(CC1CCCNC1)C(CC#N)c1ccccc1. The monoisotopic (exact) mass is 257 g/mol. The average molecular weight is 257 g/mol. The van der Waals surface area contributed by atoms with Crippen molar-refractivity contribution in [2.24, 2.45) is 5.92 Å². The van der Waals surface area contributed by atoms with Gasteiger partial charge in [-0.25, -0.2) is 0 Å². The van der Waals surface area contributed by atoms with Crippen molar-refractivity contribution in [2.75, 3.05) is 26.7 Å². The molecule has 19 heavy (non-hydrogen) atoms. The van der Waals surface area contributed by atoms with Gasteiger partial charge >= 0.3 is 0 Å². The maximum absolute atomic E-state index is 9.06. The fourth-order valence-electron chi connectivity index (χ4n) is 2.90. The lowest BCUT2D eigenvalue weighted by Crippen LogP contribution is -2.38. The molecule has 2 atom stereocenters. The Morgan fingerprint density at radius 3 is 2.84 bits per heavy atom. The van der Waals surface area contributed by atoms with Crippen molar-refractivity contribution in [2.45, 2.75) is 25.3 Å². The van der Waals surface area contributed by atoms with E-state index in [0.717, 1.165) is 19.6 Å². The van der Waals surface area contributed by atoms with Gasteiger partial charge in [0.1, 0.15) is 0 Å². The van der Waals surface area contributed by atoms with Crippen LogP contribution in [0.4, 0.5) is 0 Å². The highest BCUT2D eigenvalue weighted by molar-refractivity contribution is 5.20. The zero-order chi connectivity index (χ0) is 13.5. The van der Waals surface area contributed by atoms with Gasteiger partial charge in [-0.3, -0.25) is 4.90 Å². The highest BCUT2D eigenvalue weighted by Crippen LogP contribution is 2.24. The molecule has 1 N–H and O–H groups in total. The molecule has 2 unspecified atom stereocenters. The molecule has 3 heteroatoms. The third-order valence-corrected chi connectivity index (χ3v) is 3.95. The van der Waals surface area contributed by atoms with Crippen molar-refractivity contribution < 1.29 is 0 Å². The number of piperidine rings is 1. The highest BCUT2D eigenvalue weighted by atomic mass is 15.1. The van der Waals surface area contributed by atoms with Gasteiger partial charge in [-0.2, -0.15) is 5.26 Å². The Balaban J connectivity index is 2.00. The Hall–Kier alpha value is -1.37. The van der Waals surface area contributed by atoms with Crippen molar-refractivity contribution in [1.82, 2.24) is 10.2 Å². The molecule has 0 radical (unpaired) electrons. The van der Waals surface area contributed by atoms with Crippen LogP contribution in [0.3, 0.4) is 0 Å². The second-order valence-corrected chi connectivity index (χ2v) is 5.44. The molecule has 1 saturated heterocycles. The molecule has 1 aromatic rings. The molecule has 2 rings (SSSR count). The molecule has 3 nitrogen and oxygen atoms in total. The first-order chi connectivity index (χ1) is 9.31. The molecule has 102 valence electrons. The van der Waals surface area contributed by atoms with Crippen LogP contribution in [-0.4, -0.2) is 31.6 Å². The van der Waals surface area contributed by atoms with Gasteiger partial charge < -0.3 is 5.32 Å². The number of nitrogens with zero attached hydrogens (tertiary/aromatic N) is 2. The van der Waals surface area contributed by atoms with Gasteiger partial charge in [0.25, 0.3) is 0 Å². The number of benzene rings is 1. The standard InChI is InChI=1S/C16H23N3/c1-19(13-14-6-5-11-18-12-14)16(9-10-17)15-7-3-2-4-8-15/h2-4,7-8,14,16,18H,5-6,9,11-13H2,1H3. The van der Waals surface area contributed by atoms with Crippen LogP contribution in [-0.2, 0) is 0 Å². The lowest BCUT2D eigenvalue weighted by Gasteiger charge is -2.32. The molecular weight excluding hydrogens is 234 g/mol. The molecular formula is C16H23N3. The highest BCUT2D eigenvalue weighted by Gasteiger charge is 2.21. The number of nitrogens with one attached hydrogen (secondary N) is 1. The molecule has 1 heterocycles. The molecule has 0 bridgehead atoms. The Morgan fingerprint density at radius 2 is 2.21 bits per heavy atom. The van der Waals surface area contributed by atoms with Crippen LogP contribution in [0.2, 0.25) is 0 Å². The van der Waals surface area contributed by atoms with Gasteiger partial charge in [0.15, 0.2) is 0 Å². The average Bonchev–Trinajstić information content (AvgIpc) is 2.46. The van der Waals surface area contributed by atoms with Gasteiger partial charge in [0, 0.05) is 12.6 Å². The van der Waals surface area contributed by atoms with Gasteiger partial charge in [-0.1, -0.05) is 30.3 Å². The van der Waals surface area contributed by atoms with Gasteiger partial charge in [0.05, 0.1) is 12.5 Å². The predicted octanol–water partition coefficient (Wildman–Crippen LogP) is 2.57. The minimum Gasteiger partial charge on any atom is -0.316 e. The second kappa shape index (κ2) is 7.28. The van der Waals surface area contributed by atoms with E-state index in [0.29, 0.717) is 12.3 Å². The van der Waals surface area contributed by atoms with Crippen LogP contribution >= 0.6 is 0 Å². The van der Waals surface area contributed by atoms with Crippen LogP contribution in [0.1, 0.15) is 30.9 Å². The van der Waals surface area contributed by atoms with Crippen LogP contribution in [0.25, 0.3) is 0 Å². The number of rotatable bonds is 5. The fraction of sp³-hybridized carbons (Fsp3) is 0.562. The van der Waals surface area contributed by atoms with E-state index in [-0.39, 0.29) is 6.04 Å². The molecule has 0 aromatic heterocycles. The van der Waals surface area contributed by atoms with E-state index in [4.69, 9.17) is 5.26 Å². The van der Waals surface area contributed by atoms with E-state index >= 15 is 0 Å². The Labute approximate surface area is 116 Å². The number of nitriles is 1. The zero-order valence-corrected chi connectivity index (χ0v) is 11.7. The van der Waals surface area contributed by atoms with Gasteiger partial charge in [-0.05, 0) is 44.5 Å². The lowest BCUT2D eigenvalue weighted by molar-refractivity contribution is 0.190. The molecule has 1 fully saturated rings. The Bertz CT molecular complexity index is 404. The van der Waals surface area contributed by atoms with Crippen LogP contribution in [0.5, 0.6) is 0 Å². The van der Waals surface area contributed by atoms with Crippen LogP contribution < -0.4 is 5.32 Å². The fourth-order valence-corrected chi connectivity index (χ4v) is 2.90. The first-order valence-corrected chi connectivity index (χ1v) is 7.14. The quantitative estimate of drug-likeness (QED) is 0.881. The van der Waals surface area contributed by atoms with E-state index < -0.39 is 0 Å². The number of hydrogen-bond donors (Lipinski definition) is 1. The van der Waals surface area contributed by atoms with Crippen LogP contribution in [0.15, 0.2) is 30.3 Å². The second-order valence-electron chi connectivity index (χ2n) is 5.44. The summed E-state index contributed by atoms with van der Waals surface area (Å²) in [4.78, 5) is 2.34. The molecule has 1 aromatic carbocycles. The minimum atomic E-state index is 0.216. The van der Waals surface area contributed by atoms with Crippen molar-refractivity contribution >= 4 is 0 Å². The maximum Gasteiger partial charge on any atom is 0.0641 e. The van der Waals surface area contributed by atoms with Crippen molar-refractivity contribution in [3.05, 3.63) is 35.9 Å². The summed E-state index contributed by atoms with van der Waals surface area (Å²) in [6.45, 7) is 3.33. The smallest absolute Gasteiger partial charge is 0.0641 e. The summed E-state index contributed by atoms with van der Waals surface area (Å²) < 4.78 is 0. The first-order valence-electron chi connectivity index (χ1n) is 7.14. The molecule has 0 aliphatic carbocycles. The molecule has 0 amide bonds. The predicted molar refractivity (Wildman–Crippen MR) is 77.6 cm³/mol. The summed E-state index contributed by atoms with van der Waals surface area (Å²) in [6, 6.07) is 12.9. The summed E-state index contributed by atoms with van der Waals surface area (Å²) >= 11 is 0. The third kappa shape index (κ3) is 4.05. The Morgan fingerprint density at radius 1 is 1.42 bits per heavy atom. The van der Waals surface area contributed by atoms with Crippen LogP contribution in [0, 0.1) is 17.2 Å². The van der Waals surface area contributed by atoms with Gasteiger partial charge in [-0.15, -0.1) is 0 Å². The van der Waals surface area contributed by atoms with E-state index in [1.165, 1.54) is 18.4 Å². The molecule has 0 spiro atoms. The van der Waals surface area contributed by atoms with E-state index in [1.807, 2.05) is 6.07 Å². The summed E-state index contributed by atoms with van der Waals surface area (Å²) in [5.74, 6) is 0.712. The van der Waals surface area contributed by atoms with Crippen molar-refractivity contribution in [3.63, 3.8) is 0 Å². The summed E-state index contributed by atoms with van der Waals surface area (Å²) in [6.07, 6.45) is 3.12. The molecule has 0 saturated carbocycles. The summed E-state index contributed by atoms with van der Waals surface area (Å²) in [7, 11) is 2.14. The van der Waals surface area contributed by atoms with E-state index in [9.17, 15) is 0 Å². The first kappa shape index (κ1) is 14.0.